The Bertz CT molecular complexity index is 800. The number of carbonyl (C=O) groups is 5. The lowest BCUT2D eigenvalue weighted by molar-refractivity contribution is -0.193. The Hall–Kier alpha value is -3.23. The number of aliphatic carboxylic acids is 4. The van der Waals surface area contributed by atoms with Gasteiger partial charge in [0.1, 0.15) is 13.1 Å². The zero-order valence-electron chi connectivity index (χ0n) is 25.8. The second-order valence-corrected chi connectivity index (χ2v) is 9.62. The highest BCUT2D eigenvalue weighted by Crippen LogP contribution is 2.14. The number of unbranched alkanes of at least 4 members (excludes halogenated alkanes) is 8. The lowest BCUT2D eigenvalue weighted by atomic mass is 10.1. The van der Waals surface area contributed by atoms with Crippen molar-refractivity contribution in [2.45, 2.75) is 96.3 Å². The van der Waals surface area contributed by atoms with Gasteiger partial charge in [-0.1, -0.05) is 58.3 Å². The monoisotopic (exact) mass is 687 g/mol. The summed E-state index contributed by atoms with van der Waals surface area (Å²) in [4.78, 5) is 53.3. The lowest BCUT2D eigenvalue weighted by Crippen LogP contribution is -2.40. The number of carboxylic acids is 4. The number of hydrazine groups is 2. The molecule has 14 nitrogen and oxygen atoms in total. The van der Waals surface area contributed by atoms with Crippen molar-refractivity contribution in [3.8, 4) is 0 Å². The molecule has 0 aromatic carbocycles. The normalized spacial score (nSPS) is 11.0. The molecule has 0 aliphatic carbocycles. The van der Waals surface area contributed by atoms with Gasteiger partial charge in [-0.05, 0) is 19.3 Å². The molecule has 0 heterocycles. The third-order valence-electron chi connectivity index (χ3n) is 5.52. The van der Waals surface area contributed by atoms with Crippen LogP contribution in [0, 0.1) is 0 Å². The molecule has 0 atom stereocenters. The summed E-state index contributed by atoms with van der Waals surface area (Å²) in [5.41, 5.74) is 10.9. The first-order chi connectivity index (χ1) is 21.4. The number of alkyl halides is 6. The predicted octanol–water partition coefficient (Wildman–Crippen LogP) is 3.14. The molecule has 8 N–H and O–H groups in total. The first-order valence-corrected chi connectivity index (χ1v) is 14.6. The summed E-state index contributed by atoms with van der Waals surface area (Å²) in [5.74, 6) is -7.23. The Morgan fingerprint density at radius 3 is 1.17 bits per heavy atom. The van der Waals surface area contributed by atoms with Crippen molar-refractivity contribution in [2.75, 3.05) is 39.3 Å². The lowest BCUT2D eigenvalue weighted by Gasteiger charge is -2.23. The van der Waals surface area contributed by atoms with Crippen LogP contribution in [0.15, 0.2) is 0 Å². The Labute approximate surface area is 263 Å². The second-order valence-electron chi connectivity index (χ2n) is 9.62. The summed E-state index contributed by atoms with van der Waals surface area (Å²) >= 11 is 0. The summed E-state index contributed by atoms with van der Waals surface area (Å²) in [7, 11) is 0. The molecule has 0 spiro atoms. The van der Waals surface area contributed by atoms with Gasteiger partial charge in [0.05, 0.1) is 0 Å². The van der Waals surface area contributed by atoms with Crippen LogP contribution >= 0.6 is 0 Å². The van der Waals surface area contributed by atoms with E-state index in [0.29, 0.717) is 45.4 Å². The fourth-order valence-corrected chi connectivity index (χ4v) is 3.28. The number of nitrogens with zero attached hydrogens (tertiary/aromatic N) is 1. The standard InChI is InChI=1S/C22H45N5O5.2C2HF3O2/c1-2-3-4-5-6-7-8-9-10-13-20(28)27(16-11-14-23-25-18-21(29)30)17-12-15-24-26-19-22(31)32;2*3-2(4,5)1(6)7/h23-26H,2-19H2,1H3,(H,29,30)(H,31,32);2*(H,6,7). The van der Waals surface area contributed by atoms with E-state index in [0.717, 1.165) is 12.8 Å². The molecule has 20 heteroatoms. The molecular formula is C26H47F6N5O9. The number of amides is 1. The highest BCUT2D eigenvalue weighted by molar-refractivity contribution is 5.76. The highest BCUT2D eigenvalue weighted by Gasteiger charge is 2.38. The SMILES string of the molecule is CCCCCCCCCCCC(=O)N(CCCNNCC(=O)O)CCCNNCC(=O)O.O=C(O)C(F)(F)F.O=C(O)C(F)(F)F. The number of rotatable bonds is 24. The van der Waals surface area contributed by atoms with Gasteiger partial charge in [-0.25, -0.2) is 20.4 Å². The third kappa shape index (κ3) is 37.0. The van der Waals surface area contributed by atoms with Gasteiger partial charge >= 0.3 is 36.2 Å². The van der Waals surface area contributed by atoms with Crippen LogP contribution < -0.4 is 21.7 Å². The predicted molar refractivity (Wildman–Crippen MR) is 152 cm³/mol. The van der Waals surface area contributed by atoms with Gasteiger partial charge in [-0.3, -0.25) is 25.2 Å². The van der Waals surface area contributed by atoms with Crippen LogP contribution in [0.5, 0.6) is 0 Å². The molecule has 0 fully saturated rings. The van der Waals surface area contributed by atoms with Crippen molar-refractivity contribution >= 4 is 29.8 Å². The van der Waals surface area contributed by atoms with E-state index in [1.165, 1.54) is 44.9 Å². The van der Waals surface area contributed by atoms with Gasteiger partial charge < -0.3 is 25.3 Å². The van der Waals surface area contributed by atoms with Crippen molar-refractivity contribution < 1.29 is 70.7 Å². The van der Waals surface area contributed by atoms with E-state index in [1.54, 1.807) is 0 Å². The summed E-state index contributed by atoms with van der Waals surface area (Å²) in [5, 5.41) is 31.5. The molecule has 0 rings (SSSR count). The van der Waals surface area contributed by atoms with E-state index in [1.807, 2.05) is 4.90 Å². The summed E-state index contributed by atoms with van der Waals surface area (Å²) in [6, 6.07) is 0. The Kier molecular flexibility index (Phi) is 29.9. The van der Waals surface area contributed by atoms with E-state index >= 15 is 0 Å². The second kappa shape index (κ2) is 29.2. The number of halogens is 6. The smallest absolute Gasteiger partial charge is 0.480 e. The minimum absolute atomic E-state index is 0.143. The van der Waals surface area contributed by atoms with Crippen molar-refractivity contribution in [1.29, 1.82) is 0 Å². The fraction of sp³-hybridized carbons (Fsp3) is 0.808. The van der Waals surface area contributed by atoms with Crippen molar-refractivity contribution in [2.24, 2.45) is 0 Å². The summed E-state index contributed by atoms with van der Waals surface area (Å²) in [6.07, 6.45) is 2.71. The van der Waals surface area contributed by atoms with Gasteiger partial charge in [-0.2, -0.15) is 26.3 Å². The average molecular weight is 688 g/mol. The van der Waals surface area contributed by atoms with E-state index in [9.17, 15) is 40.7 Å². The average Bonchev–Trinajstić information content (AvgIpc) is 2.93. The van der Waals surface area contributed by atoms with E-state index < -0.39 is 36.2 Å². The minimum atomic E-state index is -5.08. The number of hydrogen-bond donors (Lipinski definition) is 8. The molecule has 0 saturated carbocycles. The van der Waals surface area contributed by atoms with Gasteiger partial charge in [0, 0.05) is 32.6 Å². The molecule has 0 radical (unpaired) electrons. The molecule has 46 heavy (non-hydrogen) atoms. The highest BCUT2D eigenvalue weighted by atomic mass is 19.4. The first-order valence-electron chi connectivity index (χ1n) is 14.6. The van der Waals surface area contributed by atoms with Crippen LogP contribution in [-0.2, 0) is 24.0 Å². The topological polar surface area (TPSA) is 218 Å². The minimum Gasteiger partial charge on any atom is -0.480 e. The van der Waals surface area contributed by atoms with Crippen LogP contribution in [0.1, 0.15) is 84.0 Å². The maximum absolute atomic E-state index is 12.7. The van der Waals surface area contributed by atoms with Crippen LogP contribution in [0.4, 0.5) is 26.3 Å². The number of carboxylic acid groups (broad SMARTS) is 4. The van der Waals surface area contributed by atoms with Crippen molar-refractivity contribution in [1.82, 2.24) is 26.6 Å². The van der Waals surface area contributed by atoms with E-state index in [-0.39, 0.29) is 19.0 Å². The van der Waals surface area contributed by atoms with Crippen molar-refractivity contribution in [3.05, 3.63) is 0 Å². The van der Waals surface area contributed by atoms with Gasteiger partial charge in [0.2, 0.25) is 5.91 Å². The molecule has 0 aromatic heterocycles. The molecule has 272 valence electrons. The van der Waals surface area contributed by atoms with E-state index in [2.05, 4.69) is 28.6 Å². The van der Waals surface area contributed by atoms with E-state index in [4.69, 9.17) is 30.0 Å². The van der Waals surface area contributed by atoms with Gasteiger partial charge in [0.25, 0.3) is 0 Å². The zero-order valence-corrected chi connectivity index (χ0v) is 25.8. The molecule has 0 aliphatic rings. The fourth-order valence-electron chi connectivity index (χ4n) is 3.28. The van der Waals surface area contributed by atoms with Crippen LogP contribution in [-0.4, -0.2) is 107 Å². The molecule has 0 unspecified atom stereocenters. The largest absolute Gasteiger partial charge is 0.490 e. The third-order valence-corrected chi connectivity index (χ3v) is 5.52. The van der Waals surface area contributed by atoms with Crippen LogP contribution in [0.2, 0.25) is 0 Å². The number of nitrogens with one attached hydrogen (secondary N) is 4. The number of carbonyl (C=O) groups excluding carboxylic acids is 1. The van der Waals surface area contributed by atoms with Crippen LogP contribution in [0.25, 0.3) is 0 Å². The van der Waals surface area contributed by atoms with Gasteiger partial charge in [0.15, 0.2) is 0 Å². The molecular weight excluding hydrogens is 640 g/mol. The molecule has 1 amide bonds. The van der Waals surface area contributed by atoms with Gasteiger partial charge in [-0.15, -0.1) is 0 Å². The van der Waals surface area contributed by atoms with Crippen molar-refractivity contribution in [3.63, 3.8) is 0 Å². The van der Waals surface area contributed by atoms with Crippen LogP contribution in [0.3, 0.4) is 0 Å². The maximum atomic E-state index is 12.7. The zero-order chi connectivity index (χ0) is 36.0. The molecule has 0 aromatic rings. The first kappa shape index (κ1) is 47.2. The summed E-state index contributed by atoms with van der Waals surface area (Å²) < 4.78 is 63.5. The maximum Gasteiger partial charge on any atom is 0.490 e. The quantitative estimate of drug-likeness (QED) is 0.0416. The Balaban J connectivity index is -0.00000108. The number of hydrogen-bond acceptors (Lipinski definition) is 9. The molecule has 0 saturated heterocycles. The Morgan fingerprint density at radius 1 is 0.543 bits per heavy atom. The molecule has 0 bridgehead atoms. The Morgan fingerprint density at radius 2 is 0.870 bits per heavy atom. The molecule has 0 aliphatic heterocycles. The summed E-state index contributed by atoms with van der Waals surface area (Å²) in [6.45, 7) is 4.23.